The van der Waals surface area contributed by atoms with E-state index >= 15 is 0 Å². The number of aliphatic hydroxyl groups excluding tert-OH is 3. The van der Waals surface area contributed by atoms with E-state index in [1.54, 1.807) is 69.5 Å². The molecule has 0 aliphatic rings. The molecule has 0 unspecified atom stereocenters. The Morgan fingerprint density at radius 2 is 1.06 bits per heavy atom. The fourth-order valence-corrected chi connectivity index (χ4v) is 4.97. The molecule has 53 heavy (non-hydrogen) atoms. The molecule has 0 saturated heterocycles. The molecule has 6 rings (SSSR count). The molecule has 0 aliphatic carbocycles. The Morgan fingerprint density at radius 1 is 0.604 bits per heavy atom. The fraction of sp³-hybridized carbons (Fsp3) is 0.250. The predicted octanol–water partition coefficient (Wildman–Crippen LogP) is 6.68. The third kappa shape index (κ3) is 10.7. The van der Waals surface area contributed by atoms with Crippen LogP contribution in [0.15, 0.2) is 93.8 Å². The minimum absolute atomic E-state index is 0.0497. The number of furan rings is 2. The molecule has 0 amide bonds. The van der Waals surface area contributed by atoms with Gasteiger partial charge in [-0.2, -0.15) is 0 Å². The molecule has 280 valence electrons. The lowest BCUT2D eigenvalue weighted by molar-refractivity contribution is 0.0516. The Bertz CT molecular complexity index is 2080. The second-order valence-electron chi connectivity index (χ2n) is 11.1. The monoisotopic (exact) mass is 730 g/mol. The van der Waals surface area contributed by atoms with E-state index in [9.17, 15) is 14.7 Å². The number of phenolic OH excluding ortho intramolecular Hbond substituents is 1. The first kappa shape index (κ1) is 39.8. The van der Waals surface area contributed by atoms with Crippen molar-refractivity contribution in [3.8, 4) is 23.0 Å². The van der Waals surface area contributed by atoms with Crippen LogP contribution in [0, 0.1) is 0 Å². The van der Waals surface area contributed by atoms with Crippen LogP contribution in [0.5, 0.6) is 23.0 Å². The van der Waals surface area contributed by atoms with Crippen LogP contribution in [0.1, 0.15) is 57.2 Å². The molecular formula is C40H42O13. The number of aliphatic hydroxyl groups is 3. The summed E-state index contributed by atoms with van der Waals surface area (Å²) in [7, 11) is 3.09. The maximum Gasteiger partial charge on any atom is 0.338 e. The van der Waals surface area contributed by atoms with E-state index in [-0.39, 0.29) is 44.1 Å². The lowest BCUT2D eigenvalue weighted by Gasteiger charge is -2.06. The van der Waals surface area contributed by atoms with E-state index in [4.69, 9.17) is 47.8 Å². The number of ether oxygens (including phenoxy) is 5. The minimum atomic E-state index is -0.363. The van der Waals surface area contributed by atoms with Crippen LogP contribution >= 0.6 is 0 Å². The van der Waals surface area contributed by atoms with Crippen molar-refractivity contribution in [1.82, 2.24) is 0 Å². The molecule has 4 N–H and O–H groups in total. The summed E-state index contributed by atoms with van der Waals surface area (Å²) in [6.45, 7) is 4.17. The lowest BCUT2D eigenvalue weighted by Crippen LogP contribution is -2.04. The van der Waals surface area contributed by atoms with Gasteiger partial charge in [-0.1, -0.05) is 0 Å². The van der Waals surface area contributed by atoms with Gasteiger partial charge in [-0.3, -0.25) is 0 Å². The van der Waals surface area contributed by atoms with Gasteiger partial charge in [-0.05, 0) is 110 Å². The summed E-state index contributed by atoms with van der Waals surface area (Å²) >= 11 is 0. The Kier molecular flexibility index (Phi) is 14.7. The number of hydrogen-bond acceptors (Lipinski definition) is 13. The second kappa shape index (κ2) is 19.6. The number of carbonyl (C=O) groups excluding carboxylic acids is 2. The summed E-state index contributed by atoms with van der Waals surface area (Å²) in [5.74, 6) is 2.28. The smallest absolute Gasteiger partial charge is 0.338 e. The maximum absolute atomic E-state index is 11.6. The Labute approximate surface area is 305 Å². The third-order valence-electron chi connectivity index (χ3n) is 7.47. The highest BCUT2D eigenvalue weighted by molar-refractivity contribution is 5.90. The third-order valence-corrected chi connectivity index (χ3v) is 7.47. The van der Waals surface area contributed by atoms with E-state index in [0.29, 0.717) is 64.3 Å². The molecule has 0 bridgehead atoms. The highest BCUT2D eigenvalue weighted by Crippen LogP contribution is 2.32. The number of benzene rings is 4. The minimum Gasteiger partial charge on any atom is -0.508 e. The van der Waals surface area contributed by atoms with Crippen LogP contribution in [-0.4, -0.2) is 59.8 Å². The molecule has 13 heteroatoms. The molecule has 0 spiro atoms. The van der Waals surface area contributed by atoms with Crippen LogP contribution < -0.4 is 14.2 Å². The molecule has 4 aromatic carbocycles. The van der Waals surface area contributed by atoms with Gasteiger partial charge in [0.25, 0.3) is 0 Å². The zero-order chi connectivity index (χ0) is 38.3. The van der Waals surface area contributed by atoms with Crippen molar-refractivity contribution in [3.05, 3.63) is 119 Å². The van der Waals surface area contributed by atoms with Gasteiger partial charge in [-0.25, -0.2) is 9.59 Å². The van der Waals surface area contributed by atoms with Crippen molar-refractivity contribution < 1.29 is 62.5 Å². The molecule has 0 saturated carbocycles. The lowest BCUT2D eigenvalue weighted by atomic mass is 10.1. The summed E-state index contributed by atoms with van der Waals surface area (Å²) in [6.07, 6.45) is 0. The van der Waals surface area contributed by atoms with E-state index in [1.807, 2.05) is 12.1 Å². The summed E-state index contributed by atoms with van der Waals surface area (Å²) in [4.78, 5) is 22.7. The molecule has 6 aromatic rings. The molecule has 0 fully saturated rings. The largest absolute Gasteiger partial charge is 0.508 e. The van der Waals surface area contributed by atoms with Crippen molar-refractivity contribution in [2.45, 2.75) is 40.3 Å². The molecule has 0 aliphatic heterocycles. The molecular weight excluding hydrogens is 688 g/mol. The first-order chi connectivity index (χ1) is 25.7. The van der Waals surface area contributed by atoms with Crippen LogP contribution in [0.2, 0.25) is 0 Å². The Balaban J connectivity index is 0.000000196. The number of esters is 2. The number of methoxy groups -OCH3 is 2. The van der Waals surface area contributed by atoms with Crippen molar-refractivity contribution in [1.29, 1.82) is 0 Å². The summed E-state index contributed by atoms with van der Waals surface area (Å²) in [5.41, 5.74) is 3.64. The number of carbonyl (C=O) groups is 2. The highest BCUT2D eigenvalue weighted by atomic mass is 16.5. The van der Waals surface area contributed by atoms with E-state index < -0.39 is 0 Å². The molecule has 13 nitrogen and oxygen atoms in total. The van der Waals surface area contributed by atoms with Crippen molar-refractivity contribution in [2.75, 3.05) is 27.4 Å². The van der Waals surface area contributed by atoms with Crippen LogP contribution in [-0.2, 0) is 35.9 Å². The van der Waals surface area contributed by atoms with Crippen molar-refractivity contribution in [2.24, 2.45) is 0 Å². The van der Waals surface area contributed by atoms with Crippen LogP contribution in [0.3, 0.4) is 0 Å². The molecule has 0 radical (unpaired) electrons. The summed E-state index contributed by atoms with van der Waals surface area (Å²) in [6, 6.07) is 23.4. The SMILES string of the molecule is CCOC(=O)c1ccc(O)cc1.CCOC(=O)c1ccc(OCc2cc3cc(CO)cc(OC)c3o2)cc1.COc1cc(CO)cc2cc(CO)oc12. The number of rotatable bonds is 12. The first-order valence-corrected chi connectivity index (χ1v) is 16.5. The average Bonchev–Trinajstić information content (AvgIpc) is 3.81. The zero-order valence-corrected chi connectivity index (χ0v) is 29.8. The van der Waals surface area contributed by atoms with Gasteiger partial charge in [0, 0.05) is 10.8 Å². The van der Waals surface area contributed by atoms with E-state index in [1.165, 1.54) is 31.4 Å². The summed E-state index contributed by atoms with van der Waals surface area (Å²) < 4.78 is 37.0. The van der Waals surface area contributed by atoms with Gasteiger partial charge in [0.05, 0.1) is 51.8 Å². The topological polar surface area (TPSA) is 187 Å². The number of aromatic hydroxyl groups is 1. The molecule has 2 aromatic heterocycles. The quantitative estimate of drug-likeness (QED) is 0.0977. The maximum atomic E-state index is 11.6. The first-order valence-electron chi connectivity index (χ1n) is 16.5. The summed E-state index contributed by atoms with van der Waals surface area (Å²) in [5, 5.41) is 37.9. The van der Waals surface area contributed by atoms with Crippen LogP contribution in [0.4, 0.5) is 0 Å². The van der Waals surface area contributed by atoms with Gasteiger partial charge in [0.15, 0.2) is 22.7 Å². The molecule has 2 heterocycles. The number of fused-ring (bicyclic) bond motifs is 2. The Morgan fingerprint density at radius 3 is 1.49 bits per heavy atom. The van der Waals surface area contributed by atoms with Gasteiger partial charge < -0.3 is 52.9 Å². The van der Waals surface area contributed by atoms with Crippen molar-refractivity contribution >= 4 is 33.9 Å². The second-order valence-corrected chi connectivity index (χ2v) is 11.1. The van der Waals surface area contributed by atoms with Gasteiger partial charge >= 0.3 is 11.9 Å². The number of hydrogen-bond donors (Lipinski definition) is 4. The fourth-order valence-electron chi connectivity index (χ4n) is 4.97. The van der Waals surface area contributed by atoms with Crippen molar-refractivity contribution in [3.63, 3.8) is 0 Å². The Hall–Kier alpha value is -6.02. The van der Waals surface area contributed by atoms with Gasteiger partial charge in [0.2, 0.25) is 0 Å². The van der Waals surface area contributed by atoms with Crippen LogP contribution in [0.25, 0.3) is 21.9 Å². The molecule has 0 atom stereocenters. The standard InChI is InChI=1S/C20H20O6.C11H12O4.C9H10O3/c1-3-24-20(22)14-4-6-16(7-5-14)25-12-17-10-15-8-13(11-21)9-18(23-2)19(15)26-17;1-14-10-3-7(5-12)2-8-4-9(6-13)15-11(8)10;1-2-12-9(11)7-3-5-8(10)6-4-7/h4-10,21H,3,11-12H2,1-2H3;2-4,12-13H,5-6H2,1H3;3-6,10H,2H2,1H3. The zero-order valence-electron chi connectivity index (χ0n) is 29.8. The number of phenols is 1. The average molecular weight is 731 g/mol. The van der Waals surface area contributed by atoms with E-state index in [0.717, 1.165) is 21.9 Å². The van der Waals surface area contributed by atoms with Gasteiger partial charge in [-0.15, -0.1) is 0 Å². The predicted molar refractivity (Wildman–Crippen MR) is 194 cm³/mol. The van der Waals surface area contributed by atoms with Gasteiger partial charge in [0.1, 0.15) is 36.2 Å². The normalized spacial score (nSPS) is 10.5. The highest BCUT2D eigenvalue weighted by Gasteiger charge is 2.13. The van der Waals surface area contributed by atoms with E-state index in [2.05, 4.69) is 0 Å².